The Morgan fingerprint density at radius 1 is 0.588 bits per heavy atom. The van der Waals surface area contributed by atoms with E-state index in [-0.39, 0.29) is 0 Å². The molecule has 5 heteroatoms. The minimum atomic E-state index is -2.09. The third-order valence-electron chi connectivity index (χ3n) is 12.9. The predicted octanol–water partition coefficient (Wildman–Crippen LogP) is 15.2. The van der Waals surface area contributed by atoms with Gasteiger partial charge in [-0.1, -0.05) is 141 Å². The van der Waals surface area contributed by atoms with Gasteiger partial charge in [-0.25, -0.2) is 0 Å². The van der Waals surface area contributed by atoms with Crippen LogP contribution in [0.2, 0.25) is 47.3 Å². The van der Waals surface area contributed by atoms with E-state index in [0.717, 1.165) is 24.3 Å². The fraction of sp³-hybridized carbons (Fsp3) is 0.565. The highest BCUT2D eigenvalue weighted by molar-refractivity contribution is 6.82. The zero-order valence-electron chi connectivity index (χ0n) is 34.6. The highest BCUT2D eigenvalue weighted by Crippen LogP contribution is 2.55. The monoisotopic (exact) mass is 740 g/mol. The van der Waals surface area contributed by atoms with E-state index >= 15 is 0 Å². The smallest absolute Gasteiger partial charge is 0.256 e. The normalized spacial score (nSPS) is 17.6. The van der Waals surface area contributed by atoms with Crippen molar-refractivity contribution >= 4 is 36.9 Å². The third-order valence-corrected chi connectivity index (χ3v) is 28.7. The van der Waals surface area contributed by atoms with Crippen molar-refractivity contribution in [3.8, 4) is 11.5 Å². The molecule has 2 nitrogen and oxygen atoms in total. The second-order valence-corrected chi connectivity index (χ2v) is 32.4. The van der Waals surface area contributed by atoms with Gasteiger partial charge in [0.2, 0.25) is 0 Å². The summed E-state index contributed by atoms with van der Waals surface area (Å²) in [7, 11) is -6.20. The number of unbranched alkanes of at least 4 members (excludes halogenated alkanes) is 4. The molecule has 0 aromatic heterocycles. The molecule has 2 aromatic carbocycles. The Hall–Kier alpha value is -2.35. The standard InChI is InChI=1S/C46H72O2Si3/c1-15-17-19-21-29-50(33(3)4,34(5)6)47-43-27-23-25-39-41(43)31-37(11)45(39)49(13,14)46-38(12)32-42-40(46)26-24-28-44(42)48-51(35(7)8,36(9)10)30-22-20-18-16-2/h15-16,23-28,31-36,45-46H,1-2,17-22,29-30H2,3-14H3. The van der Waals surface area contributed by atoms with Gasteiger partial charge < -0.3 is 8.85 Å². The molecule has 51 heavy (non-hydrogen) atoms. The van der Waals surface area contributed by atoms with Crippen LogP contribution in [-0.2, 0) is 0 Å². The van der Waals surface area contributed by atoms with Gasteiger partial charge in [-0.2, -0.15) is 0 Å². The van der Waals surface area contributed by atoms with Crippen LogP contribution in [0.5, 0.6) is 11.5 Å². The van der Waals surface area contributed by atoms with Gasteiger partial charge in [-0.15, -0.1) is 13.2 Å². The van der Waals surface area contributed by atoms with Crippen molar-refractivity contribution in [3.63, 3.8) is 0 Å². The Morgan fingerprint density at radius 2 is 0.941 bits per heavy atom. The summed E-state index contributed by atoms with van der Waals surface area (Å²) < 4.78 is 14.9. The van der Waals surface area contributed by atoms with Crippen LogP contribution >= 0.6 is 0 Å². The van der Waals surface area contributed by atoms with E-state index < -0.39 is 24.7 Å². The first-order chi connectivity index (χ1) is 24.1. The van der Waals surface area contributed by atoms with E-state index in [0.29, 0.717) is 33.2 Å². The number of fused-ring (bicyclic) bond motifs is 2. The largest absolute Gasteiger partial charge is 0.543 e. The van der Waals surface area contributed by atoms with Gasteiger partial charge in [-0.3, -0.25) is 0 Å². The zero-order chi connectivity index (χ0) is 37.7. The van der Waals surface area contributed by atoms with Crippen LogP contribution in [0.4, 0.5) is 0 Å². The number of rotatable bonds is 20. The second kappa shape index (κ2) is 17.2. The van der Waals surface area contributed by atoms with E-state index in [9.17, 15) is 0 Å². The van der Waals surface area contributed by atoms with Gasteiger partial charge in [0.25, 0.3) is 16.6 Å². The number of allylic oxidation sites excluding steroid dienone is 4. The molecule has 2 aromatic rings. The van der Waals surface area contributed by atoms with Crippen LogP contribution in [0, 0.1) is 0 Å². The molecule has 0 spiro atoms. The summed E-state index contributed by atoms with van der Waals surface area (Å²) in [4.78, 5) is 0. The second-order valence-electron chi connectivity index (χ2n) is 17.8. The summed E-state index contributed by atoms with van der Waals surface area (Å²) in [6.45, 7) is 37.3. The van der Waals surface area contributed by atoms with Gasteiger partial charge in [0.15, 0.2) is 0 Å². The molecule has 0 amide bonds. The van der Waals surface area contributed by atoms with Gasteiger partial charge in [0.1, 0.15) is 11.5 Å². The molecule has 2 aliphatic carbocycles. The van der Waals surface area contributed by atoms with Crippen LogP contribution in [0.3, 0.4) is 0 Å². The van der Waals surface area contributed by atoms with Gasteiger partial charge >= 0.3 is 0 Å². The molecule has 0 N–H and O–H groups in total. The molecular formula is C46H72O2Si3. The Kier molecular flexibility index (Phi) is 14.0. The fourth-order valence-electron chi connectivity index (χ4n) is 10.2. The zero-order valence-corrected chi connectivity index (χ0v) is 37.6. The average Bonchev–Trinajstić information content (AvgIpc) is 3.60. The van der Waals surface area contributed by atoms with Crippen LogP contribution in [0.1, 0.15) is 141 Å². The molecule has 0 bridgehead atoms. The molecule has 0 heterocycles. The average molecular weight is 741 g/mol. The minimum Gasteiger partial charge on any atom is -0.543 e. The Balaban J connectivity index is 1.71. The summed E-state index contributed by atoms with van der Waals surface area (Å²) in [6, 6.07) is 16.3. The lowest BCUT2D eigenvalue weighted by Crippen LogP contribution is -2.48. The highest BCUT2D eigenvalue weighted by atomic mass is 28.4. The Bertz CT molecular complexity index is 1450. The lowest BCUT2D eigenvalue weighted by Gasteiger charge is -2.41. The van der Waals surface area contributed by atoms with E-state index in [2.05, 4.69) is 156 Å². The molecule has 0 saturated heterocycles. The Labute approximate surface area is 317 Å². The topological polar surface area (TPSA) is 18.5 Å². The van der Waals surface area contributed by atoms with Gasteiger partial charge in [-0.05, 0) is 97.0 Å². The van der Waals surface area contributed by atoms with E-state index in [1.54, 1.807) is 0 Å². The molecule has 0 saturated carbocycles. The molecule has 2 unspecified atom stereocenters. The maximum absolute atomic E-state index is 7.46. The molecule has 280 valence electrons. The summed E-state index contributed by atoms with van der Waals surface area (Å²) >= 11 is 0. The quantitative estimate of drug-likeness (QED) is 0.0764. The van der Waals surface area contributed by atoms with Crippen LogP contribution in [0.25, 0.3) is 12.2 Å². The first-order valence-corrected chi connectivity index (χ1v) is 28.0. The SMILES string of the molecule is C=CCCCC[Si](Oc1cccc2c1C=C(C)C2[Si](C)(C)C1C(C)=Cc2c(O[Si](CCCCC=C)(C(C)C)C(C)C)cccc21)(C(C)C)C(C)C. The fourth-order valence-corrected chi connectivity index (χ4v) is 24.1. The van der Waals surface area contributed by atoms with Crippen molar-refractivity contribution in [2.24, 2.45) is 0 Å². The minimum absolute atomic E-state index is 0.436. The van der Waals surface area contributed by atoms with Crippen molar-refractivity contribution in [2.75, 3.05) is 0 Å². The predicted molar refractivity (Wildman–Crippen MR) is 234 cm³/mol. The van der Waals surface area contributed by atoms with Crippen molar-refractivity contribution in [1.29, 1.82) is 0 Å². The maximum Gasteiger partial charge on any atom is 0.256 e. The molecule has 2 aliphatic rings. The van der Waals surface area contributed by atoms with E-state index in [1.165, 1.54) is 71.2 Å². The summed E-state index contributed by atoms with van der Waals surface area (Å²) in [5.74, 6) is 2.26. The highest BCUT2D eigenvalue weighted by Gasteiger charge is 2.50. The molecule has 2 atom stereocenters. The first-order valence-electron chi connectivity index (χ1n) is 20.3. The lowest BCUT2D eigenvalue weighted by atomic mass is 10.1. The summed E-state index contributed by atoms with van der Waals surface area (Å²) in [6.07, 6.45) is 16.1. The Morgan fingerprint density at radius 3 is 1.25 bits per heavy atom. The molecule has 0 fully saturated rings. The maximum atomic E-state index is 7.46. The van der Waals surface area contributed by atoms with E-state index in [4.69, 9.17) is 8.85 Å². The van der Waals surface area contributed by atoms with Crippen LogP contribution in [-0.4, -0.2) is 24.7 Å². The molecular weight excluding hydrogens is 669 g/mol. The number of hydrogen-bond donors (Lipinski definition) is 0. The number of hydrogen-bond acceptors (Lipinski definition) is 2. The van der Waals surface area contributed by atoms with Crippen LogP contribution < -0.4 is 8.85 Å². The third kappa shape index (κ3) is 8.26. The van der Waals surface area contributed by atoms with Gasteiger partial charge in [0, 0.05) is 22.2 Å². The van der Waals surface area contributed by atoms with Gasteiger partial charge in [0.05, 0.1) is 8.07 Å². The van der Waals surface area contributed by atoms with Crippen molar-refractivity contribution in [2.45, 2.75) is 166 Å². The van der Waals surface area contributed by atoms with Crippen molar-refractivity contribution < 1.29 is 8.85 Å². The van der Waals surface area contributed by atoms with Crippen molar-refractivity contribution in [1.82, 2.24) is 0 Å². The number of benzene rings is 2. The van der Waals surface area contributed by atoms with E-state index in [1.807, 2.05) is 0 Å². The first kappa shape index (κ1) is 41.4. The molecule has 0 radical (unpaired) electrons. The summed E-state index contributed by atoms with van der Waals surface area (Å²) in [5.41, 5.74) is 11.7. The van der Waals surface area contributed by atoms with Crippen molar-refractivity contribution in [3.05, 3.63) is 95.1 Å². The summed E-state index contributed by atoms with van der Waals surface area (Å²) in [5, 5.41) is 0. The molecule has 0 aliphatic heterocycles. The lowest BCUT2D eigenvalue weighted by molar-refractivity contribution is 0.488. The molecule has 4 rings (SSSR count). The van der Waals surface area contributed by atoms with Crippen LogP contribution in [0.15, 0.2) is 72.9 Å².